The van der Waals surface area contributed by atoms with Crippen LogP contribution in [0.2, 0.25) is 0 Å². The lowest BCUT2D eigenvalue weighted by molar-refractivity contribution is -0.0566. The van der Waals surface area contributed by atoms with Crippen LogP contribution in [0.25, 0.3) is 22.3 Å². The van der Waals surface area contributed by atoms with Gasteiger partial charge in [0.2, 0.25) is 5.95 Å². The van der Waals surface area contributed by atoms with Crippen molar-refractivity contribution in [3.05, 3.63) is 29.3 Å². The molecule has 10 atom stereocenters. The van der Waals surface area contributed by atoms with Gasteiger partial charge in [0.15, 0.2) is 35.1 Å². The van der Waals surface area contributed by atoms with Crippen LogP contribution >= 0.6 is 25.8 Å². The molecule has 4 aromatic rings. The first-order valence-corrected chi connectivity index (χ1v) is 18.3. The van der Waals surface area contributed by atoms with Crippen molar-refractivity contribution >= 4 is 71.7 Å². The summed E-state index contributed by atoms with van der Waals surface area (Å²) in [4.78, 5) is 55.5. The van der Waals surface area contributed by atoms with E-state index in [4.69, 9.17) is 46.3 Å². The molecule has 2 saturated heterocycles. The minimum atomic E-state index is -4.52. The lowest BCUT2D eigenvalue weighted by atomic mass is 10.1. The van der Waals surface area contributed by atoms with Crippen molar-refractivity contribution in [2.75, 3.05) is 24.7 Å². The van der Waals surface area contributed by atoms with Crippen LogP contribution in [0, 0.1) is 0 Å². The van der Waals surface area contributed by atoms with Crippen molar-refractivity contribution in [1.82, 2.24) is 39.0 Å². The number of anilines is 2. The van der Waals surface area contributed by atoms with E-state index >= 15 is 0 Å². The number of ether oxygens (including phenoxy) is 2. The molecule has 46 heavy (non-hydrogen) atoms. The molecule has 6 rings (SSSR count). The average molecular weight is 725 g/mol. The van der Waals surface area contributed by atoms with Crippen molar-refractivity contribution in [2.45, 2.75) is 49.1 Å². The van der Waals surface area contributed by atoms with Crippen LogP contribution in [-0.2, 0) is 39.4 Å². The number of imidazole rings is 2. The Hall–Kier alpha value is -2.67. The number of H-pyrrole nitrogens is 1. The Morgan fingerprint density at radius 3 is 2.35 bits per heavy atom. The quantitative estimate of drug-likeness (QED) is 0.0611. The summed E-state index contributed by atoms with van der Waals surface area (Å²) in [6.45, 7) is -10.2. The summed E-state index contributed by atoms with van der Waals surface area (Å²) in [5.74, 6) is -0.196. The molecular formula is C20H26N10O12P2S2. The number of rotatable bonds is 10. The number of nitrogens with one attached hydrogen (secondary N) is 1. The van der Waals surface area contributed by atoms with E-state index in [9.17, 15) is 34.5 Å². The number of aliphatic hydroxyl groups excluding tert-OH is 3. The highest BCUT2D eigenvalue weighted by Gasteiger charge is 2.51. The molecule has 22 nitrogen and oxygen atoms in total. The van der Waals surface area contributed by atoms with Gasteiger partial charge in [-0.3, -0.25) is 28.0 Å². The highest BCUT2D eigenvalue weighted by Crippen LogP contribution is 2.53. The van der Waals surface area contributed by atoms with Crippen LogP contribution < -0.4 is 17.0 Å². The number of aliphatic hydroxyl groups is 3. The molecule has 2 aliphatic rings. The minimum absolute atomic E-state index is 0.0480. The number of nitrogen functional groups attached to an aromatic ring is 2. The molecule has 10 N–H and O–H groups in total. The van der Waals surface area contributed by atoms with Gasteiger partial charge in [-0.05, 0) is 11.8 Å². The maximum Gasteiger partial charge on any atom is 0.383 e. The third-order valence-electron chi connectivity index (χ3n) is 7.10. The molecule has 0 bridgehead atoms. The molecule has 0 radical (unpaired) electrons. The number of aromatic nitrogens is 8. The molecule has 6 heterocycles. The summed E-state index contributed by atoms with van der Waals surface area (Å²) in [7, 11) is 0. The molecule has 26 heteroatoms. The monoisotopic (exact) mass is 724 g/mol. The number of aromatic amines is 1. The number of nitrogens with zero attached hydrogens (tertiary/aromatic N) is 7. The Morgan fingerprint density at radius 2 is 1.65 bits per heavy atom. The molecule has 2 unspecified atom stereocenters. The normalized spacial score (nSPS) is 31.0. The number of fused-ring (bicyclic) bond motifs is 2. The standard InChI is InChI=1S/C20H26N10O12P2S2/c21-14-8-15(24-3-23-14)29(4-25-8)18-11(33)12(41-43(35,36)45)7(40-18)2-38-44(37,46)42-13-10(32)6(1-31)39-19(13)30-5-26-9-16(30)27-20(22)28-17(9)34/h3-7,10-13,18-19,31-33H,1-2H2,(H,37,46)(H2,21,23,24)(H2,35,36,45)(H3,22,27,28,34)/t6-,7-,10-,11-,12-,13-,18-,19-,44?/m1/s1. The van der Waals surface area contributed by atoms with Crippen molar-refractivity contribution in [1.29, 1.82) is 0 Å². The van der Waals surface area contributed by atoms with Crippen LogP contribution in [0.1, 0.15) is 12.5 Å². The fraction of sp³-hybridized carbons (Fsp3) is 0.500. The average Bonchev–Trinajstić information content (AvgIpc) is 3.73. The summed E-state index contributed by atoms with van der Waals surface area (Å²) in [6.07, 6.45) is -7.99. The number of thiol groups is 1. The number of hydrogen-bond donors (Lipinski definition) is 9. The zero-order valence-electron chi connectivity index (χ0n) is 22.9. The maximum absolute atomic E-state index is 12.3. The molecule has 0 spiro atoms. The third kappa shape index (κ3) is 6.30. The van der Waals surface area contributed by atoms with Gasteiger partial charge in [0.05, 0.1) is 25.9 Å². The van der Waals surface area contributed by atoms with E-state index in [2.05, 4.69) is 42.2 Å². The second kappa shape index (κ2) is 12.4. The first-order chi connectivity index (χ1) is 21.7. The Balaban J connectivity index is 1.24. The predicted molar refractivity (Wildman–Crippen MR) is 160 cm³/mol. The topological polar surface area (TPSA) is 324 Å². The first kappa shape index (κ1) is 33.2. The van der Waals surface area contributed by atoms with Gasteiger partial charge in [-0.25, -0.2) is 24.5 Å². The second-order valence-corrected chi connectivity index (χ2v) is 15.5. The number of nitrogens with two attached hydrogens (primary N) is 2. The van der Waals surface area contributed by atoms with Gasteiger partial charge in [-0.2, -0.15) is 4.98 Å². The van der Waals surface area contributed by atoms with Crippen LogP contribution in [0.15, 0.2) is 23.8 Å². The van der Waals surface area contributed by atoms with Gasteiger partial charge in [-0.1, -0.05) is 12.2 Å². The fourth-order valence-electron chi connectivity index (χ4n) is 5.12. The van der Waals surface area contributed by atoms with E-state index in [1.54, 1.807) is 0 Å². The molecule has 0 amide bonds. The molecule has 0 aromatic carbocycles. The second-order valence-electron chi connectivity index (χ2n) is 10.0. The summed E-state index contributed by atoms with van der Waals surface area (Å²) < 4.78 is 42.4. The lowest BCUT2D eigenvalue weighted by Gasteiger charge is -2.27. The van der Waals surface area contributed by atoms with Crippen LogP contribution in [0.5, 0.6) is 0 Å². The summed E-state index contributed by atoms with van der Waals surface area (Å²) in [6, 6.07) is 0. The van der Waals surface area contributed by atoms with Gasteiger partial charge >= 0.3 is 13.5 Å². The highest BCUT2D eigenvalue weighted by molar-refractivity contribution is 8.44. The van der Waals surface area contributed by atoms with Crippen LogP contribution in [0.4, 0.5) is 11.8 Å². The predicted octanol–water partition coefficient (Wildman–Crippen LogP) is -2.33. The van der Waals surface area contributed by atoms with E-state index in [1.807, 2.05) is 0 Å². The molecule has 0 saturated carbocycles. The first-order valence-electron chi connectivity index (χ1n) is 13.0. The Labute approximate surface area is 266 Å². The van der Waals surface area contributed by atoms with E-state index in [0.29, 0.717) is 0 Å². The minimum Gasteiger partial charge on any atom is -0.394 e. The molecule has 2 aliphatic heterocycles. The van der Waals surface area contributed by atoms with Gasteiger partial charge in [0, 0.05) is 0 Å². The van der Waals surface area contributed by atoms with Crippen molar-refractivity contribution in [3.63, 3.8) is 0 Å². The molecule has 2 fully saturated rings. The van der Waals surface area contributed by atoms with Crippen molar-refractivity contribution < 1.29 is 52.7 Å². The zero-order valence-corrected chi connectivity index (χ0v) is 26.4. The lowest BCUT2D eigenvalue weighted by Crippen LogP contribution is -2.36. The van der Waals surface area contributed by atoms with Crippen molar-refractivity contribution in [3.8, 4) is 0 Å². The molecule has 0 aliphatic carbocycles. The van der Waals surface area contributed by atoms with E-state index in [0.717, 1.165) is 12.7 Å². The van der Waals surface area contributed by atoms with Gasteiger partial charge < -0.3 is 50.6 Å². The summed E-state index contributed by atoms with van der Waals surface area (Å²) >= 11 is 8.71. The van der Waals surface area contributed by atoms with Crippen LogP contribution in [0.3, 0.4) is 0 Å². The molecular weight excluding hydrogens is 698 g/mol. The maximum atomic E-state index is 12.3. The van der Waals surface area contributed by atoms with E-state index in [1.165, 1.54) is 15.5 Å². The SMILES string of the molecule is Nc1nc2c(ncn2[C@@H]2O[C@H](CO)[C@@H](O)[C@H]2OP(O)(=S)OC[C@H]2O[C@@H](n3cnc4c(N)ncnc43)[C@H](O)[C@@H]2OP(=O)(O)S)c(=O)[nH]1. The zero-order chi connectivity index (χ0) is 33.1. The smallest absolute Gasteiger partial charge is 0.383 e. The highest BCUT2D eigenvalue weighted by atomic mass is 32.7. The van der Waals surface area contributed by atoms with E-state index < -0.39 is 81.4 Å². The van der Waals surface area contributed by atoms with Gasteiger partial charge in [0.25, 0.3) is 5.56 Å². The Morgan fingerprint density at radius 1 is 0.978 bits per heavy atom. The van der Waals surface area contributed by atoms with Crippen LogP contribution in [-0.4, -0.2) is 114 Å². The molecule has 250 valence electrons. The molecule has 4 aromatic heterocycles. The number of hydrogen-bond acceptors (Lipinski definition) is 18. The fourth-order valence-corrected chi connectivity index (χ4v) is 7.43. The summed E-state index contributed by atoms with van der Waals surface area (Å²) in [5, 5.41) is 31.7. The Kier molecular flexibility index (Phi) is 8.97. The Bertz CT molecular complexity index is 1920. The van der Waals surface area contributed by atoms with E-state index in [-0.39, 0.29) is 34.1 Å². The van der Waals surface area contributed by atoms with Crippen molar-refractivity contribution in [2.24, 2.45) is 0 Å². The van der Waals surface area contributed by atoms with Gasteiger partial charge in [0.1, 0.15) is 48.5 Å². The van der Waals surface area contributed by atoms with Gasteiger partial charge in [-0.15, -0.1) is 0 Å². The third-order valence-corrected chi connectivity index (χ3v) is 9.46. The largest absolute Gasteiger partial charge is 0.394 e. The summed E-state index contributed by atoms with van der Waals surface area (Å²) in [5.41, 5.74) is 11.0.